The van der Waals surface area contributed by atoms with Crippen LogP contribution in [-0.2, 0) is 6.54 Å². The molecule has 0 atom stereocenters. The van der Waals surface area contributed by atoms with E-state index in [2.05, 4.69) is 20.3 Å². The molecule has 0 spiro atoms. The third-order valence-corrected chi connectivity index (χ3v) is 4.51. The van der Waals surface area contributed by atoms with Gasteiger partial charge < -0.3 is 10.2 Å². The second kappa shape index (κ2) is 7.34. The molecule has 2 aromatic heterocycles. The van der Waals surface area contributed by atoms with Crippen LogP contribution in [0.2, 0.25) is 0 Å². The Bertz CT molecular complexity index is 1050. The number of anilines is 2. The minimum atomic E-state index is -2.73. The van der Waals surface area contributed by atoms with Crippen LogP contribution in [-0.4, -0.2) is 29.0 Å². The quantitative estimate of drug-likeness (QED) is 0.540. The number of para-hydroxylation sites is 2. The van der Waals surface area contributed by atoms with Crippen LogP contribution in [0, 0.1) is 0 Å². The second-order valence-electron chi connectivity index (χ2n) is 6.65. The van der Waals surface area contributed by atoms with E-state index in [1.165, 1.54) is 0 Å². The van der Waals surface area contributed by atoms with E-state index in [1.54, 1.807) is 12.1 Å². The van der Waals surface area contributed by atoms with Crippen molar-refractivity contribution >= 4 is 33.4 Å². The minimum absolute atomic E-state index is 0.396. The first-order chi connectivity index (χ1) is 13.5. The lowest BCUT2D eigenvalue weighted by atomic mass is 10.1. The third kappa shape index (κ3) is 3.43. The van der Waals surface area contributed by atoms with Gasteiger partial charge in [0.05, 0.1) is 11.0 Å². The lowest BCUT2D eigenvalue weighted by Crippen LogP contribution is -2.12. The van der Waals surface area contributed by atoms with E-state index in [0.29, 0.717) is 23.3 Å². The smallest absolute Gasteiger partial charge is 0.297 e. The maximum atomic E-state index is 13.2. The van der Waals surface area contributed by atoms with E-state index < -0.39 is 12.2 Å². The van der Waals surface area contributed by atoms with Crippen molar-refractivity contribution < 1.29 is 8.78 Å². The molecule has 2 heterocycles. The largest absolute Gasteiger partial charge is 0.365 e. The maximum Gasteiger partial charge on any atom is 0.297 e. The Balaban J connectivity index is 1.76. The summed E-state index contributed by atoms with van der Waals surface area (Å²) < 4.78 is 26.4. The van der Waals surface area contributed by atoms with E-state index in [9.17, 15) is 8.78 Å². The summed E-state index contributed by atoms with van der Waals surface area (Å²) >= 11 is 0. The summed E-state index contributed by atoms with van der Waals surface area (Å²) in [6, 6.07) is 17.0. The van der Waals surface area contributed by atoms with Crippen molar-refractivity contribution in [3.05, 3.63) is 66.0 Å². The lowest BCUT2D eigenvalue weighted by molar-refractivity contribution is 0.141. The molecule has 28 heavy (non-hydrogen) atoms. The molecule has 7 heteroatoms. The van der Waals surface area contributed by atoms with Crippen molar-refractivity contribution in [3.8, 4) is 0 Å². The molecule has 0 saturated carbocycles. The number of aromatic nitrogens is 3. The van der Waals surface area contributed by atoms with Crippen molar-refractivity contribution in [3.63, 3.8) is 0 Å². The molecule has 2 aromatic carbocycles. The van der Waals surface area contributed by atoms with Gasteiger partial charge in [-0.3, -0.25) is 0 Å². The Kier molecular flexibility index (Phi) is 4.73. The summed E-state index contributed by atoms with van der Waals surface area (Å²) in [5, 5.41) is 4.94. The molecule has 4 rings (SSSR count). The first-order valence-electron chi connectivity index (χ1n) is 8.87. The van der Waals surface area contributed by atoms with Crippen LogP contribution in [0.1, 0.15) is 17.8 Å². The molecule has 0 radical (unpaired) electrons. The van der Waals surface area contributed by atoms with Crippen LogP contribution in [0.4, 0.5) is 20.4 Å². The number of nitrogens with zero attached hydrogens (tertiary/aromatic N) is 4. The number of benzene rings is 2. The minimum Gasteiger partial charge on any atom is -0.365 e. The van der Waals surface area contributed by atoms with Crippen LogP contribution in [0.3, 0.4) is 0 Å². The maximum absolute atomic E-state index is 13.2. The topological polar surface area (TPSA) is 53.9 Å². The van der Waals surface area contributed by atoms with Gasteiger partial charge in [-0.2, -0.15) is 0 Å². The number of rotatable bonds is 5. The highest BCUT2D eigenvalue weighted by Gasteiger charge is 2.15. The highest BCUT2D eigenvalue weighted by Crippen LogP contribution is 2.27. The normalized spacial score (nSPS) is 11.3. The molecule has 0 saturated heterocycles. The zero-order chi connectivity index (χ0) is 19.7. The first kappa shape index (κ1) is 18.0. The molecule has 0 aliphatic rings. The fourth-order valence-electron chi connectivity index (χ4n) is 3.11. The number of alkyl halides is 2. The molecular formula is C21H19F2N5. The van der Waals surface area contributed by atoms with Gasteiger partial charge in [-0.15, -0.1) is 0 Å². The number of nitrogens with one attached hydrogen (secondary N) is 1. The number of fused-ring (bicyclic) bond motifs is 2. The summed E-state index contributed by atoms with van der Waals surface area (Å²) in [5.74, 6) is 0.749. The molecule has 0 bridgehead atoms. The number of hydrogen-bond acceptors (Lipinski definition) is 5. The average Bonchev–Trinajstić information content (AvgIpc) is 2.71. The van der Waals surface area contributed by atoms with Gasteiger partial charge in [0.25, 0.3) is 6.43 Å². The Morgan fingerprint density at radius 2 is 1.54 bits per heavy atom. The summed E-state index contributed by atoms with van der Waals surface area (Å²) in [4.78, 5) is 14.6. The van der Waals surface area contributed by atoms with E-state index in [-0.39, 0.29) is 0 Å². The van der Waals surface area contributed by atoms with Crippen molar-refractivity contribution in [2.24, 2.45) is 0 Å². The van der Waals surface area contributed by atoms with E-state index in [1.807, 2.05) is 61.5 Å². The number of pyridine rings is 1. The number of hydrogen-bond donors (Lipinski definition) is 1. The lowest BCUT2D eigenvalue weighted by Gasteiger charge is -2.16. The van der Waals surface area contributed by atoms with Gasteiger partial charge in [0.15, 0.2) is 5.82 Å². The number of halogens is 2. The van der Waals surface area contributed by atoms with Gasteiger partial charge in [-0.25, -0.2) is 23.7 Å². The van der Waals surface area contributed by atoms with Crippen LogP contribution in [0.15, 0.2) is 54.6 Å². The molecule has 0 aliphatic carbocycles. The third-order valence-electron chi connectivity index (χ3n) is 4.51. The van der Waals surface area contributed by atoms with Gasteiger partial charge >= 0.3 is 0 Å². The standard InChI is InChI=1S/C21H19F2N5/c1-28(2)18-11-13(14-7-3-5-9-16(14)25-18)12-24-20-15-8-4-6-10-17(15)26-21(27-20)19(22)23/h3-11,19H,12H2,1-2H3,(H,24,26,27). The van der Waals surface area contributed by atoms with Crippen LogP contribution in [0.5, 0.6) is 0 Å². The monoisotopic (exact) mass is 379 g/mol. The van der Waals surface area contributed by atoms with Crippen molar-refractivity contribution in [2.75, 3.05) is 24.3 Å². The average molecular weight is 379 g/mol. The molecule has 0 amide bonds. The Morgan fingerprint density at radius 3 is 2.21 bits per heavy atom. The molecule has 1 N–H and O–H groups in total. The molecule has 0 unspecified atom stereocenters. The second-order valence-corrected chi connectivity index (χ2v) is 6.65. The summed E-state index contributed by atoms with van der Waals surface area (Å²) in [6.07, 6.45) is -2.73. The highest BCUT2D eigenvalue weighted by molar-refractivity contribution is 5.89. The predicted octanol–water partition coefficient (Wildman–Crippen LogP) is 4.79. The Hall–Kier alpha value is -3.35. The summed E-state index contributed by atoms with van der Waals surface area (Å²) in [7, 11) is 3.86. The summed E-state index contributed by atoms with van der Waals surface area (Å²) in [5.41, 5.74) is 2.38. The van der Waals surface area contributed by atoms with Gasteiger partial charge in [0, 0.05) is 31.4 Å². The Morgan fingerprint density at radius 1 is 0.893 bits per heavy atom. The van der Waals surface area contributed by atoms with Gasteiger partial charge in [-0.1, -0.05) is 30.3 Å². The summed E-state index contributed by atoms with van der Waals surface area (Å²) in [6.45, 7) is 0.424. The fourth-order valence-corrected chi connectivity index (χ4v) is 3.11. The van der Waals surface area contributed by atoms with E-state index >= 15 is 0 Å². The SMILES string of the molecule is CN(C)c1cc(CNc2nc(C(F)F)nc3ccccc23)c2ccccc2n1. The molecule has 5 nitrogen and oxygen atoms in total. The van der Waals surface area contributed by atoms with Gasteiger partial charge in [0.1, 0.15) is 11.6 Å². The van der Waals surface area contributed by atoms with Gasteiger partial charge in [-0.05, 0) is 29.8 Å². The van der Waals surface area contributed by atoms with Crippen LogP contribution >= 0.6 is 0 Å². The van der Waals surface area contributed by atoms with Crippen LogP contribution in [0.25, 0.3) is 21.8 Å². The molecule has 142 valence electrons. The highest BCUT2D eigenvalue weighted by atomic mass is 19.3. The van der Waals surface area contributed by atoms with Crippen molar-refractivity contribution in [1.82, 2.24) is 15.0 Å². The van der Waals surface area contributed by atoms with Crippen molar-refractivity contribution in [1.29, 1.82) is 0 Å². The molecule has 4 aromatic rings. The first-order valence-corrected chi connectivity index (χ1v) is 8.87. The van der Waals surface area contributed by atoms with Crippen LogP contribution < -0.4 is 10.2 Å². The molecule has 0 fully saturated rings. The Labute approximate surface area is 161 Å². The predicted molar refractivity (Wildman–Crippen MR) is 108 cm³/mol. The van der Waals surface area contributed by atoms with E-state index in [0.717, 1.165) is 22.3 Å². The fraction of sp³-hybridized carbons (Fsp3) is 0.190. The molecule has 0 aliphatic heterocycles. The van der Waals surface area contributed by atoms with E-state index in [4.69, 9.17) is 0 Å². The molecular weight excluding hydrogens is 360 g/mol. The van der Waals surface area contributed by atoms with Gasteiger partial charge in [0.2, 0.25) is 0 Å². The van der Waals surface area contributed by atoms with Crippen molar-refractivity contribution in [2.45, 2.75) is 13.0 Å². The zero-order valence-corrected chi connectivity index (χ0v) is 15.5. The zero-order valence-electron chi connectivity index (χ0n) is 15.5.